The number of furan rings is 1. The summed E-state index contributed by atoms with van der Waals surface area (Å²) in [5.41, 5.74) is 3.15. The van der Waals surface area contributed by atoms with Crippen molar-refractivity contribution >= 4 is 30.4 Å². The van der Waals surface area contributed by atoms with E-state index in [0.717, 1.165) is 26.0 Å². The molecular weight excluding hydrogens is 511 g/mol. The first-order valence-electron chi connectivity index (χ1n) is 9.36. The molecule has 0 N–H and O–H groups in total. The van der Waals surface area contributed by atoms with Crippen LogP contribution in [0.1, 0.15) is 11.3 Å². The number of rotatable bonds is 6. The van der Waals surface area contributed by atoms with Gasteiger partial charge in [-0.2, -0.15) is 0 Å². The quantitative estimate of drug-likeness (QED) is 0.269. The molecule has 4 nitrogen and oxygen atoms in total. The maximum atomic E-state index is 13.0. The maximum absolute atomic E-state index is 13.0. The van der Waals surface area contributed by atoms with Crippen molar-refractivity contribution in [1.29, 1.82) is 0 Å². The van der Waals surface area contributed by atoms with Gasteiger partial charge in [-0.1, -0.05) is 0 Å². The Morgan fingerprint density at radius 1 is 0.733 bits per heavy atom. The first-order chi connectivity index (χ1) is 14.4. The van der Waals surface area contributed by atoms with Crippen LogP contribution in [-0.2, 0) is 12.6 Å². The van der Waals surface area contributed by atoms with E-state index < -0.39 is 30.4 Å². The van der Waals surface area contributed by atoms with E-state index in [9.17, 15) is 8.42 Å². The van der Waals surface area contributed by atoms with Gasteiger partial charge in [-0.25, -0.2) is 0 Å². The van der Waals surface area contributed by atoms with Crippen molar-refractivity contribution in [3.05, 3.63) is 110 Å². The van der Waals surface area contributed by atoms with E-state index in [-0.39, 0.29) is 4.90 Å². The van der Waals surface area contributed by atoms with Crippen LogP contribution in [0.3, 0.4) is 0 Å². The van der Waals surface area contributed by atoms with Gasteiger partial charge >= 0.3 is 185 Å². The average Bonchev–Trinajstić information content (AvgIpc) is 3.19. The summed E-state index contributed by atoms with van der Waals surface area (Å²) in [6.45, 7) is 3.75. The first kappa shape index (κ1) is 20.8. The predicted octanol–water partition coefficient (Wildman–Crippen LogP) is 6.43. The van der Waals surface area contributed by atoms with Crippen molar-refractivity contribution < 1.29 is 15.3 Å². The van der Waals surface area contributed by atoms with Gasteiger partial charge in [0.2, 0.25) is 0 Å². The zero-order chi connectivity index (χ0) is 21.1. The molecule has 0 amide bonds. The summed E-state index contributed by atoms with van der Waals surface area (Å²) in [5, 5.41) is 0. The van der Waals surface area contributed by atoms with Gasteiger partial charge in [0.1, 0.15) is 0 Å². The van der Waals surface area contributed by atoms with Crippen LogP contribution in [0.15, 0.2) is 100 Å². The van der Waals surface area contributed by atoms with Crippen LogP contribution in [0, 0.1) is 21.2 Å². The van der Waals surface area contributed by atoms with Crippen LogP contribution in [0.25, 0.3) is 11.1 Å². The molecule has 0 fully saturated rings. The van der Waals surface area contributed by atoms with E-state index in [1.807, 2.05) is 80.6 Å². The number of benzene rings is 3. The van der Waals surface area contributed by atoms with Gasteiger partial charge < -0.3 is 0 Å². The third-order valence-corrected chi connectivity index (χ3v) is 11.5. The molecule has 1 aromatic heterocycles. The summed E-state index contributed by atoms with van der Waals surface area (Å²) in [5.74, 6) is 0.726. The molecule has 0 aliphatic carbocycles. The zero-order valence-corrected chi connectivity index (χ0v) is 19.6. The molecule has 4 rings (SSSR count). The van der Waals surface area contributed by atoms with E-state index in [2.05, 4.69) is 0 Å². The number of aryl methyl sites for hydroxylation is 2. The molecule has 0 saturated heterocycles. The Balaban J connectivity index is 1.69. The van der Waals surface area contributed by atoms with Gasteiger partial charge in [-0.3, -0.25) is 0 Å². The Morgan fingerprint density at radius 3 is 1.97 bits per heavy atom. The molecule has 1 heterocycles. The van der Waals surface area contributed by atoms with Gasteiger partial charge in [-0.15, -0.1) is 0 Å². The molecule has 0 spiro atoms. The second-order valence-corrected chi connectivity index (χ2v) is 13.1. The number of halogens is 1. The summed E-state index contributed by atoms with van der Waals surface area (Å²) in [7, 11) is -3.92. The van der Waals surface area contributed by atoms with Crippen molar-refractivity contribution in [3.63, 3.8) is 0 Å². The summed E-state index contributed by atoms with van der Waals surface area (Å²) in [4.78, 5) is 0.152. The normalized spacial score (nSPS) is 12.0. The molecule has 3 aromatic carbocycles. The van der Waals surface area contributed by atoms with Gasteiger partial charge in [0.25, 0.3) is 0 Å². The van der Waals surface area contributed by atoms with Crippen LogP contribution < -0.4 is 0 Å². The third kappa shape index (κ3) is 4.66. The molecule has 0 aliphatic rings. The van der Waals surface area contributed by atoms with Crippen molar-refractivity contribution in [2.24, 2.45) is 0 Å². The standard InChI is InChI=1S/C24H21IO4S/c1-18-8-15-23(16-9-18)30(26,27)29-25(24-17-10-19(2)28-24)22-13-11-21(12-14-22)20-6-4-3-5-7-20/h3-17H,1-2H3. The van der Waals surface area contributed by atoms with Crippen LogP contribution >= 0.6 is 20.2 Å². The van der Waals surface area contributed by atoms with E-state index in [1.54, 1.807) is 24.3 Å². The van der Waals surface area contributed by atoms with Crippen molar-refractivity contribution in [2.75, 3.05) is 0 Å². The summed E-state index contributed by atoms with van der Waals surface area (Å²) < 4.78 is 39.0. The SMILES string of the molecule is Cc1ccc(S(=O)(=O)OI(c2ccc(-c3ccccc3)cc2)c2ccc(C)o2)cc1. The molecular formula is C24H21IO4S. The molecule has 154 valence electrons. The van der Waals surface area contributed by atoms with Crippen molar-refractivity contribution in [1.82, 2.24) is 0 Å². The first-order valence-corrected chi connectivity index (χ1v) is 13.8. The topological polar surface area (TPSA) is 56.5 Å². The van der Waals surface area contributed by atoms with E-state index >= 15 is 0 Å². The number of hydrogen-bond donors (Lipinski definition) is 0. The molecule has 0 aliphatic heterocycles. The Bertz CT molecular complexity index is 1230. The number of hydrogen-bond acceptors (Lipinski definition) is 4. The molecule has 0 radical (unpaired) electrons. The molecule has 0 atom stereocenters. The van der Waals surface area contributed by atoms with E-state index in [4.69, 9.17) is 6.93 Å². The second-order valence-electron chi connectivity index (χ2n) is 6.80. The summed E-state index contributed by atoms with van der Waals surface area (Å²) in [6.07, 6.45) is 0. The van der Waals surface area contributed by atoms with E-state index in [0.29, 0.717) is 3.77 Å². The predicted molar refractivity (Wildman–Crippen MR) is 126 cm³/mol. The Hall–Kier alpha value is -2.42. The molecule has 0 bridgehead atoms. The molecule has 0 saturated carbocycles. The minimum atomic E-state index is -3.92. The van der Waals surface area contributed by atoms with Crippen LogP contribution in [0.5, 0.6) is 0 Å². The van der Waals surface area contributed by atoms with Gasteiger partial charge in [-0.05, 0) is 0 Å². The fourth-order valence-electron chi connectivity index (χ4n) is 2.88. The van der Waals surface area contributed by atoms with E-state index in [1.165, 1.54) is 0 Å². The Morgan fingerprint density at radius 2 is 1.37 bits per heavy atom. The fourth-order valence-corrected chi connectivity index (χ4v) is 9.60. The van der Waals surface area contributed by atoms with Crippen LogP contribution in [0.2, 0.25) is 0 Å². The van der Waals surface area contributed by atoms with Crippen molar-refractivity contribution in [3.8, 4) is 11.1 Å². The second kappa shape index (κ2) is 8.75. The van der Waals surface area contributed by atoms with Crippen molar-refractivity contribution in [2.45, 2.75) is 18.7 Å². The average molecular weight is 532 g/mol. The van der Waals surface area contributed by atoms with Gasteiger partial charge in [0, 0.05) is 0 Å². The van der Waals surface area contributed by atoms with Crippen LogP contribution in [-0.4, -0.2) is 8.42 Å². The summed E-state index contributed by atoms with van der Waals surface area (Å²) in [6, 6.07) is 28.2. The van der Waals surface area contributed by atoms with Crippen LogP contribution in [0.4, 0.5) is 0 Å². The van der Waals surface area contributed by atoms with Gasteiger partial charge in [0.05, 0.1) is 0 Å². The fraction of sp³-hybridized carbons (Fsp3) is 0.0833. The zero-order valence-electron chi connectivity index (χ0n) is 16.6. The molecule has 6 heteroatoms. The third-order valence-electron chi connectivity index (χ3n) is 4.48. The van der Waals surface area contributed by atoms with Gasteiger partial charge in [0.15, 0.2) is 0 Å². The Kier molecular flexibility index (Phi) is 6.08. The summed E-state index contributed by atoms with van der Waals surface area (Å²) >= 11 is -2.83. The molecule has 30 heavy (non-hydrogen) atoms. The molecule has 4 aromatic rings. The Labute approximate surface area is 184 Å². The minimum absolute atomic E-state index is 0.152. The molecule has 0 unspecified atom stereocenters. The monoisotopic (exact) mass is 532 g/mol.